The zero-order chi connectivity index (χ0) is 16.3. The van der Waals surface area contributed by atoms with Crippen molar-refractivity contribution < 1.29 is 9.47 Å². The molecule has 0 bridgehead atoms. The van der Waals surface area contributed by atoms with Crippen molar-refractivity contribution in [3.63, 3.8) is 0 Å². The first-order valence-electron chi connectivity index (χ1n) is 7.68. The van der Waals surface area contributed by atoms with Gasteiger partial charge in [0.05, 0.1) is 23.6 Å². The highest BCUT2D eigenvalue weighted by molar-refractivity contribution is 7.33. The highest BCUT2D eigenvalue weighted by atomic mass is 32.1. The summed E-state index contributed by atoms with van der Waals surface area (Å²) in [5.74, 6) is 1.82. The maximum Gasteiger partial charge on any atom is 0.120 e. The van der Waals surface area contributed by atoms with Gasteiger partial charge < -0.3 is 9.47 Å². The zero-order valence-electron chi connectivity index (χ0n) is 13.3. The van der Waals surface area contributed by atoms with Gasteiger partial charge in [0.15, 0.2) is 0 Å². The van der Waals surface area contributed by atoms with E-state index in [0.29, 0.717) is 0 Å². The van der Waals surface area contributed by atoms with Crippen molar-refractivity contribution in [2.75, 3.05) is 14.2 Å². The predicted molar refractivity (Wildman–Crippen MR) is 105 cm³/mol. The van der Waals surface area contributed by atoms with E-state index in [0.717, 1.165) is 11.5 Å². The minimum atomic E-state index is 0.909. The molecule has 0 saturated heterocycles. The van der Waals surface area contributed by atoms with Crippen molar-refractivity contribution in [2.45, 2.75) is 0 Å². The highest BCUT2D eigenvalue weighted by Crippen LogP contribution is 2.45. The van der Waals surface area contributed by atoms with Crippen molar-refractivity contribution in [2.24, 2.45) is 0 Å². The zero-order valence-corrected chi connectivity index (χ0v) is 14.9. The van der Waals surface area contributed by atoms with E-state index >= 15 is 0 Å². The van der Waals surface area contributed by atoms with Gasteiger partial charge >= 0.3 is 0 Å². The van der Waals surface area contributed by atoms with Gasteiger partial charge in [-0.2, -0.15) is 0 Å². The van der Waals surface area contributed by atoms with Gasteiger partial charge in [0, 0.05) is 30.9 Å². The summed E-state index contributed by atoms with van der Waals surface area (Å²) < 4.78 is 16.0. The Bertz CT molecular complexity index is 1130. The molecule has 0 aliphatic heterocycles. The topological polar surface area (TPSA) is 18.5 Å². The molecule has 4 heteroatoms. The Kier molecular flexibility index (Phi) is 2.99. The highest BCUT2D eigenvalue weighted by Gasteiger charge is 2.13. The summed E-state index contributed by atoms with van der Waals surface area (Å²) in [4.78, 5) is 0. The summed E-state index contributed by atoms with van der Waals surface area (Å²) in [7, 11) is 3.43. The maximum absolute atomic E-state index is 5.37. The second kappa shape index (κ2) is 5.10. The lowest BCUT2D eigenvalue weighted by atomic mass is 10.1. The van der Waals surface area contributed by atoms with Crippen LogP contribution in [0.1, 0.15) is 0 Å². The molecule has 0 aliphatic carbocycles. The summed E-state index contributed by atoms with van der Waals surface area (Å²) in [6.07, 6.45) is 0. The molecule has 2 nitrogen and oxygen atoms in total. The van der Waals surface area contributed by atoms with Crippen molar-refractivity contribution in [3.8, 4) is 11.5 Å². The number of hydrogen-bond acceptors (Lipinski definition) is 4. The van der Waals surface area contributed by atoms with Crippen LogP contribution >= 0.6 is 22.7 Å². The quantitative estimate of drug-likeness (QED) is 0.365. The molecule has 24 heavy (non-hydrogen) atoms. The molecule has 0 aliphatic rings. The van der Waals surface area contributed by atoms with Crippen LogP contribution in [-0.4, -0.2) is 14.2 Å². The molecule has 5 aromatic rings. The van der Waals surface area contributed by atoms with Gasteiger partial charge in [-0.3, -0.25) is 0 Å². The SMILES string of the molecule is COc1ccc2c(c1)sc1c2ccc2c3ccc(OC)cc3sc21. The second-order valence-electron chi connectivity index (χ2n) is 5.75. The van der Waals surface area contributed by atoms with Gasteiger partial charge in [-0.25, -0.2) is 0 Å². The second-order valence-corrected chi connectivity index (χ2v) is 7.85. The van der Waals surface area contributed by atoms with Crippen LogP contribution in [0.4, 0.5) is 0 Å². The fourth-order valence-electron chi connectivity index (χ4n) is 3.28. The van der Waals surface area contributed by atoms with Gasteiger partial charge in [-0.05, 0) is 36.4 Å². The van der Waals surface area contributed by atoms with Crippen LogP contribution in [0.5, 0.6) is 11.5 Å². The predicted octanol–water partition coefficient (Wildman–Crippen LogP) is 6.44. The van der Waals surface area contributed by atoms with E-state index in [1.807, 2.05) is 34.8 Å². The molecule has 0 saturated carbocycles. The lowest BCUT2D eigenvalue weighted by Gasteiger charge is -1.98. The Labute approximate surface area is 146 Å². The molecular formula is C20H14O2S2. The van der Waals surface area contributed by atoms with E-state index in [1.165, 1.54) is 40.3 Å². The van der Waals surface area contributed by atoms with Crippen molar-refractivity contribution >= 4 is 63.0 Å². The molecule has 2 aromatic heterocycles. The van der Waals surface area contributed by atoms with Crippen molar-refractivity contribution in [1.29, 1.82) is 0 Å². The molecule has 3 aromatic carbocycles. The maximum atomic E-state index is 5.37. The van der Waals surface area contributed by atoms with Crippen LogP contribution < -0.4 is 9.47 Å². The van der Waals surface area contributed by atoms with E-state index in [9.17, 15) is 0 Å². The summed E-state index contributed by atoms with van der Waals surface area (Å²) in [6.45, 7) is 0. The molecule has 0 amide bonds. The minimum Gasteiger partial charge on any atom is -0.497 e. The van der Waals surface area contributed by atoms with Crippen LogP contribution in [0.25, 0.3) is 40.3 Å². The van der Waals surface area contributed by atoms with Crippen LogP contribution in [0, 0.1) is 0 Å². The van der Waals surface area contributed by atoms with Gasteiger partial charge in [0.25, 0.3) is 0 Å². The average Bonchev–Trinajstić information content (AvgIpc) is 3.18. The number of rotatable bonds is 2. The third-order valence-electron chi connectivity index (χ3n) is 4.49. The molecular weight excluding hydrogens is 336 g/mol. The lowest BCUT2D eigenvalue weighted by molar-refractivity contribution is 0.415. The van der Waals surface area contributed by atoms with E-state index in [-0.39, 0.29) is 0 Å². The van der Waals surface area contributed by atoms with Crippen LogP contribution in [0.3, 0.4) is 0 Å². The number of thiophene rings is 2. The molecule has 5 rings (SSSR count). The average molecular weight is 350 g/mol. The fraction of sp³-hybridized carbons (Fsp3) is 0.100. The molecule has 0 spiro atoms. The van der Waals surface area contributed by atoms with Gasteiger partial charge in [0.1, 0.15) is 11.5 Å². The van der Waals surface area contributed by atoms with Crippen LogP contribution in [0.15, 0.2) is 48.5 Å². The molecule has 118 valence electrons. The van der Waals surface area contributed by atoms with Gasteiger partial charge in [-0.1, -0.05) is 12.1 Å². The summed E-state index contributed by atoms with van der Waals surface area (Å²) in [5, 5.41) is 5.24. The molecule has 0 N–H and O–H groups in total. The third kappa shape index (κ3) is 1.87. The van der Waals surface area contributed by atoms with Crippen LogP contribution in [-0.2, 0) is 0 Å². The normalized spacial score (nSPS) is 11.8. The van der Waals surface area contributed by atoms with Crippen molar-refractivity contribution in [1.82, 2.24) is 0 Å². The van der Waals surface area contributed by atoms with E-state index < -0.39 is 0 Å². The minimum absolute atomic E-state index is 0.909. The smallest absolute Gasteiger partial charge is 0.120 e. The number of benzene rings is 3. The first-order valence-corrected chi connectivity index (χ1v) is 9.31. The summed E-state index contributed by atoms with van der Waals surface area (Å²) in [6, 6.07) is 17.1. The van der Waals surface area contributed by atoms with Gasteiger partial charge in [-0.15, -0.1) is 22.7 Å². The Morgan fingerprint density at radius 3 is 1.42 bits per heavy atom. The van der Waals surface area contributed by atoms with Crippen LogP contribution in [0.2, 0.25) is 0 Å². The molecule has 0 radical (unpaired) electrons. The molecule has 0 atom stereocenters. The monoisotopic (exact) mass is 350 g/mol. The molecule has 0 fully saturated rings. The lowest BCUT2D eigenvalue weighted by Crippen LogP contribution is -1.80. The number of hydrogen-bond donors (Lipinski definition) is 0. The number of ether oxygens (including phenoxy) is 2. The Hall–Kier alpha value is -2.30. The standard InChI is InChI=1S/C20H14O2S2/c1-21-11-3-5-13-15-7-8-16-14-6-4-12(22-2)10-18(14)24-20(16)19(15)23-17(13)9-11/h3-10H,1-2H3. The molecule has 0 unspecified atom stereocenters. The van der Waals surface area contributed by atoms with Crippen molar-refractivity contribution in [3.05, 3.63) is 48.5 Å². The largest absolute Gasteiger partial charge is 0.497 e. The van der Waals surface area contributed by atoms with Gasteiger partial charge in [0.2, 0.25) is 0 Å². The Morgan fingerprint density at radius 2 is 1.00 bits per heavy atom. The Balaban J connectivity index is 1.91. The first kappa shape index (κ1) is 14.1. The summed E-state index contributed by atoms with van der Waals surface area (Å²) in [5.41, 5.74) is 0. The van der Waals surface area contributed by atoms with E-state index in [2.05, 4.69) is 36.4 Å². The number of fused-ring (bicyclic) bond motifs is 7. The third-order valence-corrected chi connectivity index (χ3v) is 6.99. The van der Waals surface area contributed by atoms with E-state index in [4.69, 9.17) is 9.47 Å². The Morgan fingerprint density at radius 1 is 0.583 bits per heavy atom. The fourth-order valence-corrected chi connectivity index (χ4v) is 5.88. The van der Waals surface area contributed by atoms with E-state index in [1.54, 1.807) is 14.2 Å². The number of methoxy groups -OCH3 is 2. The molecule has 2 heterocycles. The summed E-state index contributed by atoms with van der Waals surface area (Å²) >= 11 is 3.69. The first-order chi connectivity index (χ1) is 11.8.